The molecule has 0 aliphatic carbocycles. The number of aromatic nitrogens is 3. The fourth-order valence-corrected chi connectivity index (χ4v) is 3.28. The third-order valence-electron chi connectivity index (χ3n) is 3.79. The van der Waals surface area contributed by atoms with E-state index in [9.17, 15) is 5.11 Å². The summed E-state index contributed by atoms with van der Waals surface area (Å²) in [6, 6.07) is 5.82. The van der Waals surface area contributed by atoms with Crippen molar-refractivity contribution in [3.63, 3.8) is 0 Å². The lowest BCUT2D eigenvalue weighted by Crippen LogP contribution is -2.22. The zero-order valence-corrected chi connectivity index (χ0v) is 12.6. The monoisotopic (exact) mass is 311 g/mol. The van der Waals surface area contributed by atoms with Crippen LogP contribution in [-0.4, -0.2) is 20.1 Å². The van der Waals surface area contributed by atoms with Gasteiger partial charge in [-0.3, -0.25) is 0 Å². The van der Waals surface area contributed by atoms with Gasteiger partial charge in [0.1, 0.15) is 10.6 Å². The largest absolute Gasteiger partial charge is 0.443 e. The van der Waals surface area contributed by atoms with Crippen LogP contribution in [0.5, 0.6) is 0 Å². The van der Waals surface area contributed by atoms with E-state index >= 15 is 0 Å². The van der Waals surface area contributed by atoms with Gasteiger partial charge in [-0.25, -0.2) is 9.97 Å². The van der Waals surface area contributed by atoms with E-state index in [1.54, 1.807) is 19.3 Å². The van der Waals surface area contributed by atoms with Crippen LogP contribution >= 0.6 is 11.3 Å². The maximum Gasteiger partial charge on any atom is 0.181 e. The molecule has 110 valence electrons. The number of nitrogens with zero attached hydrogens (tertiary/aromatic N) is 2. The van der Waals surface area contributed by atoms with Crippen molar-refractivity contribution in [1.29, 1.82) is 0 Å². The average molecular weight is 311 g/mol. The van der Waals surface area contributed by atoms with Crippen molar-refractivity contribution in [2.75, 3.05) is 0 Å². The molecular weight excluding hydrogens is 298 g/mol. The number of nitrogens with one attached hydrogen (secondary N) is 1. The second-order valence-electron chi connectivity index (χ2n) is 5.24. The Hall–Kier alpha value is -2.44. The molecule has 3 heterocycles. The van der Waals surface area contributed by atoms with Gasteiger partial charge in [0.25, 0.3) is 0 Å². The summed E-state index contributed by atoms with van der Waals surface area (Å²) in [5.41, 5.74) is 1.56. The van der Waals surface area contributed by atoms with Gasteiger partial charge >= 0.3 is 0 Å². The number of hydrogen-bond acceptors (Lipinski definition) is 5. The highest BCUT2D eigenvalue weighted by Gasteiger charge is 2.29. The van der Waals surface area contributed by atoms with Crippen LogP contribution in [0.15, 0.2) is 53.0 Å². The Morgan fingerprint density at radius 3 is 3.00 bits per heavy atom. The molecule has 1 aromatic carbocycles. The predicted octanol–water partition coefficient (Wildman–Crippen LogP) is 3.54. The van der Waals surface area contributed by atoms with E-state index in [-0.39, 0.29) is 0 Å². The fourth-order valence-electron chi connectivity index (χ4n) is 2.56. The highest BCUT2D eigenvalue weighted by atomic mass is 32.1. The number of fused-ring (bicyclic) bond motifs is 1. The van der Waals surface area contributed by atoms with Crippen LogP contribution in [0.4, 0.5) is 0 Å². The first-order chi connectivity index (χ1) is 10.7. The highest BCUT2D eigenvalue weighted by molar-refractivity contribution is 7.09. The molecule has 0 bridgehead atoms. The van der Waals surface area contributed by atoms with Gasteiger partial charge in [-0.1, -0.05) is 6.07 Å². The maximum absolute atomic E-state index is 10.9. The van der Waals surface area contributed by atoms with E-state index < -0.39 is 5.60 Å². The molecular formula is C16H13N3O2S. The number of thiazole rings is 1. The first-order valence-corrected chi connectivity index (χ1v) is 7.67. The standard InChI is InChI=1S/C16H13N3O2S/c1-16(20,15-18-4-5-22-15)10-2-3-13-11(6-10)12(7-19-13)14-8-17-9-21-14/h2-9,19-20H,1H3. The summed E-state index contributed by atoms with van der Waals surface area (Å²) < 4.78 is 5.38. The highest BCUT2D eigenvalue weighted by Crippen LogP contribution is 2.35. The smallest absolute Gasteiger partial charge is 0.181 e. The van der Waals surface area contributed by atoms with Crippen molar-refractivity contribution in [3.8, 4) is 11.3 Å². The number of aliphatic hydroxyl groups is 1. The van der Waals surface area contributed by atoms with Crippen LogP contribution < -0.4 is 0 Å². The predicted molar refractivity (Wildman–Crippen MR) is 84.6 cm³/mol. The number of rotatable bonds is 3. The van der Waals surface area contributed by atoms with Crippen LogP contribution in [-0.2, 0) is 5.60 Å². The summed E-state index contributed by atoms with van der Waals surface area (Å²) in [4.78, 5) is 11.4. The van der Waals surface area contributed by atoms with Crippen molar-refractivity contribution in [2.24, 2.45) is 0 Å². The van der Waals surface area contributed by atoms with Crippen LogP contribution in [0.2, 0.25) is 0 Å². The fraction of sp³-hybridized carbons (Fsp3) is 0.125. The molecule has 6 heteroatoms. The van der Waals surface area contributed by atoms with E-state index in [0.717, 1.165) is 22.0 Å². The molecule has 1 unspecified atom stereocenters. The first kappa shape index (κ1) is 13.2. The summed E-state index contributed by atoms with van der Waals surface area (Å²) >= 11 is 1.44. The number of hydrogen-bond donors (Lipinski definition) is 2. The van der Waals surface area contributed by atoms with Crippen molar-refractivity contribution >= 4 is 22.2 Å². The van der Waals surface area contributed by atoms with Gasteiger partial charge in [0.2, 0.25) is 0 Å². The van der Waals surface area contributed by atoms with Gasteiger partial charge in [-0.15, -0.1) is 11.3 Å². The van der Waals surface area contributed by atoms with Gasteiger partial charge < -0.3 is 14.5 Å². The molecule has 5 nitrogen and oxygen atoms in total. The average Bonchev–Trinajstić information content (AvgIpc) is 3.26. The van der Waals surface area contributed by atoms with Crippen molar-refractivity contribution in [2.45, 2.75) is 12.5 Å². The molecule has 0 aliphatic heterocycles. The van der Waals surface area contributed by atoms with Crippen molar-refractivity contribution < 1.29 is 9.52 Å². The molecule has 0 amide bonds. The molecule has 1 atom stereocenters. The third kappa shape index (κ3) is 1.96. The van der Waals surface area contributed by atoms with E-state index in [0.29, 0.717) is 10.8 Å². The lowest BCUT2D eigenvalue weighted by Gasteiger charge is -2.21. The molecule has 0 saturated carbocycles. The molecule has 22 heavy (non-hydrogen) atoms. The van der Waals surface area contributed by atoms with Gasteiger partial charge in [-0.2, -0.15) is 0 Å². The summed E-state index contributed by atoms with van der Waals surface area (Å²) in [5, 5.41) is 14.4. The van der Waals surface area contributed by atoms with E-state index in [2.05, 4.69) is 15.0 Å². The molecule has 4 aromatic rings. The van der Waals surface area contributed by atoms with Crippen LogP contribution in [0.25, 0.3) is 22.2 Å². The van der Waals surface area contributed by atoms with Gasteiger partial charge in [-0.05, 0) is 24.6 Å². The summed E-state index contributed by atoms with van der Waals surface area (Å²) in [5.74, 6) is 0.692. The van der Waals surface area contributed by atoms with Gasteiger partial charge in [0.15, 0.2) is 12.2 Å². The Balaban J connectivity index is 1.89. The zero-order chi connectivity index (χ0) is 15.2. The zero-order valence-electron chi connectivity index (χ0n) is 11.8. The Bertz CT molecular complexity index is 908. The second kappa shape index (κ2) is 4.79. The summed E-state index contributed by atoms with van der Waals surface area (Å²) in [7, 11) is 0. The topological polar surface area (TPSA) is 74.9 Å². The van der Waals surface area contributed by atoms with E-state index in [1.165, 1.54) is 17.7 Å². The minimum atomic E-state index is -1.13. The molecule has 0 spiro atoms. The second-order valence-corrected chi connectivity index (χ2v) is 6.13. The first-order valence-electron chi connectivity index (χ1n) is 6.79. The van der Waals surface area contributed by atoms with Crippen molar-refractivity contribution in [3.05, 3.63) is 59.1 Å². The normalized spacial score (nSPS) is 14.3. The quantitative estimate of drug-likeness (QED) is 0.607. The maximum atomic E-state index is 10.9. The minimum Gasteiger partial charge on any atom is -0.443 e. The number of aromatic amines is 1. The Morgan fingerprint density at radius 2 is 2.27 bits per heavy atom. The van der Waals surface area contributed by atoms with Crippen LogP contribution in [0.3, 0.4) is 0 Å². The third-order valence-corrected chi connectivity index (χ3v) is 4.77. The number of H-pyrrole nitrogens is 1. The molecule has 0 aliphatic rings. The summed E-state index contributed by atoms with van der Waals surface area (Å²) in [6.07, 6.45) is 6.66. The molecule has 2 N–H and O–H groups in total. The molecule has 3 aromatic heterocycles. The van der Waals surface area contributed by atoms with Crippen LogP contribution in [0.1, 0.15) is 17.5 Å². The Labute approximate surface area is 130 Å². The molecule has 0 radical (unpaired) electrons. The lowest BCUT2D eigenvalue weighted by atomic mass is 9.94. The van der Waals surface area contributed by atoms with E-state index in [4.69, 9.17) is 4.42 Å². The lowest BCUT2D eigenvalue weighted by molar-refractivity contribution is 0.102. The molecule has 4 rings (SSSR count). The van der Waals surface area contributed by atoms with Crippen molar-refractivity contribution in [1.82, 2.24) is 15.0 Å². The Morgan fingerprint density at radius 1 is 1.36 bits per heavy atom. The molecule has 0 saturated heterocycles. The molecule has 0 fully saturated rings. The SMILES string of the molecule is CC(O)(c1ccc2[nH]cc(-c3cnco3)c2c1)c1nccs1. The summed E-state index contributed by atoms with van der Waals surface area (Å²) in [6.45, 7) is 1.76. The van der Waals surface area contributed by atoms with Gasteiger partial charge in [0.05, 0.1) is 6.20 Å². The Kier molecular flexibility index (Phi) is 2.88. The van der Waals surface area contributed by atoms with E-state index in [1.807, 2.05) is 29.8 Å². The minimum absolute atomic E-state index is 0.670. The van der Waals surface area contributed by atoms with Crippen LogP contribution in [0, 0.1) is 0 Å². The van der Waals surface area contributed by atoms with Gasteiger partial charge in [0, 0.05) is 34.2 Å². The number of oxazole rings is 1. The number of benzene rings is 1.